The van der Waals surface area contributed by atoms with Crippen molar-refractivity contribution >= 4 is 99.2 Å². The quantitative estimate of drug-likeness (QED) is 0.0802. The van der Waals surface area contributed by atoms with Crippen LogP contribution in [-0.4, -0.2) is 118 Å². The maximum Gasteiger partial charge on any atom is 0.213 e. The van der Waals surface area contributed by atoms with Gasteiger partial charge in [0.2, 0.25) is 11.6 Å². The van der Waals surface area contributed by atoms with E-state index in [4.69, 9.17) is 40.0 Å². The van der Waals surface area contributed by atoms with Gasteiger partial charge in [-0.1, -0.05) is 13.8 Å². The van der Waals surface area contributed by atoms with Gasteiger partial charge in [-0.2, -0.15) is 0 Å². The number of hydrogen-bond donors (Lipinski definition) is 0. The number of alkyl halides is 1. The zero-order valence-electron chi connectivity index (χ0n) is 38.9. The van der Waals surface area contributed by atoms with Crippen molar-refractivity contribution in [2.75, 3.05) is 82.1 Å². The van der Waals surface area contributed by atoms with Crippen LogP contribution in [0.3, 0.4) is 0 Å². The fourth-order valence-corrected chi connectivity index (χ4v) is 11.7. The van der Waals surface area contributed by atoms with E-state index < -0.39 is 0 Å². The Morgan fingerprint density at radius 1 is 0.552 bits per heavy atom. The van der Waals surface area contributed by atoms with E-state index in [-0.39, 0.29) is 17.3 Å². The largest absolute Gasteiger partial charge is 0.495 e. The van der Waals surface area contributed by atoms with Gasteiger partial charge in [0, 0.05) is 101 Å². The summed E-state index contributed by atoms with van der Waals surface area (Å²) in [5, 5.41) is 4.01. The molecule has 2 aromatic carbocycles. The van der Waals surface area contributed by atoms with Crippen LogP contribution in [0.1, 0.15) is 59.8 Å². The predicted molar refractivity (Wildman–Crippen MR) is 271 cm³/mol. The number of ketones is 2. The number of benzene rings is 2. The van der Waals surface area contributed by atoms with Gasteiger partial charge >= 0.3 is 0 Å². The highest BCUT2D eigenvalue weighted by Gasteiger charge is 2.33. The number of ether oxygens (including phenoxy) is 6. The number of fused-ring (bicyclic) bond motifs is 6. The third kappa shape index (κ3) is 10.4. The third-order valence-corrected chi connectivity index (χ3v) is 15.1. The molecule has 0 saturated carbocycles. The Hall–Kier alpha value is -5.30. The predicted octanol–water partition coefficient (Wildman–Crippen LogP) is 10.5. The molecular weight excluding hydrogens is 930 g/mol. The number of rotatable bonds is 17. The van der Waals surface area contributed by atoms with Gasteiger partial charge < -0.3 is 28.4 Å². The van der Waals surface area contributed by atoms with E-state index in [9.17, 15) is 9.59 Å². The van der Waals surface area contributed by atoms with Gasteiger partial charge in [0.15, 0.2) is 11.5 Å². The molecule has 352 valence electrons. The van der Waals surface area contributed by atoms with Crippen LogP contribution in [0, 0.1) is 0 Å². The minimum absolute atomic E-state index is 0.0983. The van der Waals surface area contributed by atoms with Crippen molar-refractivity contribution in [3.05, 3.63) is 110 Å². The van der Waals surface area contributed by atoms with Crippen molar-refractivity contribution < 1.29 is 38.0 Å². The van der Waals surface area contributed by atoms with E-state index in [0.29, 0.717) is 35.0 Å². The van der Waals surface area contributed by atoms with Gasteiger partial charge in [-0.3, -0.25) is 34.3 Å². The van der Waals surface area contributed by atoms with Crippen molar-refractivity contribution in [3.8, 4) is 23.0 Å². The zero-order chi connectivity index (χ0) is 47.6. The highest BCUT2D eigenvalue weighted by atomic mass is 35.5. The van der Waals surface area contributed by atoms with E-state index >= 15 is 0 Å². The molecule has 13 nitrogen and oxygen atoms in total. The highest BCUT2D eigenvalue weighted by molar-refractivity contribution is 7.20. The third-order valence-electron chi connectivity index (χ3n) is 11.3. The number of methoxy groups -OCH3 is 6. The van der Waals surface area contributed by atoms with Gasteiger partial charge in [0.1, 0.15) is 28.2 Å². The maximum absolute atomic E-state index is 12.6. The van der Waals surface area contributed by atoms with Gasteiger partial charge in [0.25, 0.3) is 0 Å². The van der Waals surface area contributed by atoms with E-state index in [2.05, 4.69) is 44.7 Å². The first kappa shape index (κ1) is 49.6. The molecule has 8 aromatic rings. The number of thiophene rings is 3. The molecule has 17 heteroatoms. The van der Waals surface area contributed by atoms with E-state index in [1.54, 1.807) is 96.1 Å². The standard InChI is InChI=1S/C19H24N2O3S.C17H18N2O3S.C14H12ClNO2S/c1-5-21(9-10-22-2)12-13-11-15-17(23-3)16-14(7-6-8-20-16)18(24-4)19(15)25-13;1-3-19(7-8-22-2)10-11-9-13-15(20)14-12(5-4-6-18-14)16(21)17(13)23-11;1-17-12-10-6-8(7-15)19-14(10)13(18-2)9-4-3-5-16-11(9)12/h6-8,11H,5,9-10,12H2,1-4H3;4-6,9H,3,7-8,10H2,1-2H3;3-6H,7H2,1-2H3. The molecule has 0 N–H and O–H groups in total. The van der Waals surface area contributed by atoms with Crippen molar-refractivity contribution in [2.24, 2.45) is 0 Å². The summed E-state index contributed by atoms with van der Waals surface area (Å²) in [6.07, 6.45) is 5.09. The number of likely N-dealkylation sites (N-methyl/N-ethyl adjacent to an activating group) is 2. The van der Waals surface area contributed by atoms with Crippen molar-refractivity contribution in [2.45, 2.75) is 32.8 Å². The van der Waals surface area contributed by atoms with Gasteiger partial charge in [-0.05, 0) is 67.7 Å². The minimum Gasteiger partial charge on any atom is -0.495 e. The number of hydrogen-bond acceptors (Lipinski definition) is 16. The second-order valence-corrected chi connectivity index (χ2v) is 18.9. The molecule has 0 aliphatic heterocycles. The number of carbonyl (C=O) groups is 2. The first-order valence-corrected chi connectivity index (χ1v) is 24.6. The van der Waals surface area contributed by atoms with Gasteiger partial charge in [0.05, 0.1) is 67.4 Å². The number of pyridine rings is 3. The first-order chi connectivity index (χ1) is 32.7. The fourth-order valence-electron chi connectivity index (χ4n) is 8.02. The SMILES string of the molecule is CCN(CCOC)Cc1cc2c(OC)c3ncccc3c(OC)c2s1.CCN(CCOC)Cc1cc2c(s1)C(=O)c1cccnc1C2=O.COc1c2cc(CCl)sc2c(OC)c2cccnc12. The Morgan fingerprint density at radius 2 is 1.03 bits per heavy atom. The van der Waals surface area contributed by atoms with Crippen LogP contribution in [0.5, 0.6) is 23.0 Å². The molecule has 1 aliphatic carbocycles. The number of carbonyl (C=O) groups excluding carboxylic acids is 2. The molecule has 0 atom stereocenters. The normalized spacial score (nSPS) is 12.0. The second-order valence-electron chi connectivity index (χ2n) is 15.2. The van der Waals surface area contributed by atoms with Crippen LogP contribution in [0.15, 0.2) is 73.2 Å². The van der Waals surface area contributed by atoms with Gasteiger partial charge in [-0.25, -0.2) is 0 Å². The fraction of sp³-hybridized carbons (Fsp3) is 0.340. The van der Waals surface area contributed by atoms with Crippen LogP contribution in [0.4, 0.5) is 0 Å². The van der Waals surface area contributed by atoms with E-state index in [0.717, 1.165) is 114 Å². The summed E-state index contributed by atoms with van der Waals surface area (Å²) in [6, 6.07) is 17.3. The number of nitrogens with zero attached hydrogens (tertiary/aromatic N) is 5. The molecule has 1 aliphatic rings. The Kier molecular flexibility index (Phi) is 17.1. The highest BCUT2D eigenvalue weighted by Crippen LogP contribution is 2.47. The topological polar surface area (TPSA) is 135 Å². The summed E-state index contributed by atoms with van der Waals surface area (Å²) < 4.78 is 35.0. The van der Waals surface area contributed by atoms with Crippen LogP contribution < -0.4 is 18.9 Å². The molecule has 0 amide bonds. The lowest BCUT2D eigenvalue weighted by Gasteiger charge is -2.18. The summed E-state index contributed by atoms with van der Waals surface area (Å²) in [4.78, 5) is 46.6. The Labute approximate surface area is 407 Å². The molecule has 9 rings (SSSR count). The van der Waals surface area contributed by atoms with E-state index in [1.807, 2.05) is 36.4 Å². The van der Waals surface area contributed by atoms with Crippen LogP contribution in [0.25, 0.3) is 42.0 Å². The molecular formula is C50H54ClN5O8S3. The maximum atomic E-state index is 12.6. The zero-order valence-corrected chi connectivity index (χ0v) is 42.1. The molecule has 0 radical (unpaired) electrons. The average molecular weight is 985 g/mol. The van der Waals surface area contributed by atoms with Crippen molar-refractivity contribution in [1.82, 2.24) is 24.8 Å². The Morgan fingerprint density at radius 3 is 1.52 bits per heavy atom. The lowest BCUT2D eigenvalue weighted by atomic mass is 9.93. The van der Waals surface area contributed by atoms with Crippen LogP contribution >= 0.6 is 45.6 Å². The smallest absolute Gasteiger partial charge is 0.213 e. The Bertz CT molecular complexity index is 2830. The molecule has 6 aromatic heterocycles. The first-order valence-electron chi connectivity index (χ1n) is 21.7. The summed E-state index contributed by atoms with van der Waals surface area (Å²) in [5.41, 5.74) is 2.81. The molecule has 0 fully saturated rings. The van der Waals surface area contributed by atoms with Crippen molar-refractivity contribution in [1.29, 1.82) is 0 Å². The molecule has 6 heterocycles. The number of halogens is 1. The lowest BCUT2D eigenvalue weighted by Crippen LogP contribution is -2.26. The number of aromatic nitrogens is 3. The van der Waals surface area contributed by atoms with Gasteiger partial charge in [-0.15, -0.1) is 45.6 Å². The molecule has 67 heavy (non-hydrogen) atoms. The lowest BCUT2D eigenvalue weighted by molar-refractivity contribution is 0.0978. The summed E-state index contributed by atoms with van der Waals surface area (Å²) in [6.45, 7) is 10.8. The summed E-state index contributed by atoms with van der Waals surface area (Å²) >= 11 is 10.7. The minimum atomic E-state index is -0.155. The average Bonchev–Trinajstić information content (AvgIpc) is 4.12. The monoisotopic (exact) mass is 983 g/mol. The van der Waals surface area contributed by atoms with Crippen molar-refractivity contribution in [3.63, 3.8) is 0 Å². The summed E-state index contributed by atoms with van der Waals surface area (Å²) in [5.74, 6) is 3.52. The molecule has 0 bridgehead atoms. The van der Waals surface area contributed by atoms with E-state index in [1.165, 1.54) is 16.2 Å². The molecule has 0 unspecified atom stereocenters. The molecule has 0 saturated heterocycles. The van der Waals surface area contributed by atoms with Crippen LogP contribution in [-0.2, 0) is 28.4 Å². The molecule has 0 spiro atoms. The second kappa shape index (κ2) is 23.1. The van der Waals surface area contributed by atoms with Crippen LogP contribution in [0.2, 0.25) is 0 Å². The Balaban J connectivity index is 0.000000150. The summed E-state index contributed by atoms with van der Waals surface area (Å²) in [7, 11) is 10.2.